The van der Waals surface area contributed by atoms with Crippen molar-refractivity contribution in [1.82, 2.24) is 9.80 Å². The lowest BCUT2D eigenvalue weighted by Crippen LogP contribution is -2.45. The highest BCUT2D eigenvalue weighted by Crippen LogP contribution is 2.34. The average molecular weight is 324 g/mol. The van der Waals surface area contributed by atoms with E-state index in [1.165, 1.54) is 0 Å². The van der Waals surface area contributed by atoms with Gasteiger partial charge in [-0.15, -0.1) is 0 Å². The molecule has 0 aromatic heterocycles. The largest absolute Gasteiger partial charge is 0.385 e. The first-order valence-electron chi connectivity index (χ1n) is 8.84. The summed E-state index contributed by atoms with van der Waals surface area (Å²) in [6, 6.07) is 18.6. The molecule has 1 aliphatic rings. The van der Waals surface area contributed by atoms with Crippen molar-refractivity contribution in [2.24, 2.45) is 0 Å². The molecule has 0 bridgehead atoms. The fraction of sp³-hybridized carbons (Fsp3) is 0.429. The van der Waals surface area contributed by atoms with Gasteiger partial charge in [0.1, 0.15) is 0 Å². The molecule has 0 aliphatic carbocycles. The summed E-state index contributed by atoms with van der Waals surface area (Å²) >= 11 is 0. The Labute approximate surface area is 145 Å². The van der Waals surface area contributed by atoms with Crippen LogP contribution in [0.1, 0.15) is 18.9 Å². The van der Waals surface area contributed by atoms with Gasteiger partial charge in [0.2, 0.25) is 0 Å². The Morgan fingerprint density at radius 2 is 1.54 bits per heavy atom. The quantitative estimate of drug-likeness (QED) is 0.915. The number of nitrogens with zero attached hydrogens (tertiary/aromatic N) is 2. The van der Waals surface area contributed by atoms with E-state index < -0.39 is 5.60 Å². The summed E-state index contributed by atoms with van der Waals surface area (Å²) in [5.41, 5.74) is 2.48. The van der Waals surface area contributed by atoms with E-state index in [0.717, 1.165) is 55.8 Å². The topological polar surface area (TPSA) is 26.7 Å². The van der Waals surface area contributed by atoms with E-state index in [0.29, 0.717) is 0 Å². The minimum atomic E-state index is -0.824. The summed E-state index contributed by atoms with van der Waals surface area (Å²) in [6.07, 6.45) is 0.751. The molecule has 3 heteroatoms. The third kappa shape index (κ3) is 4.04. The molecule has 128 valence electrons. The Morgan fingerprint density at radius 3 is 2.25 bits per heavy atom. The van der Waals surface area contributed by atoms with Gasteiger partial charge in [0.15, 0.2) is 0 Å². The zero-order valence-electron chi connectivity index (χ0n) is 14.8. The van der Waals surface area contributed by atoms with Crippen LogP contribution in [0.4, 0.5) is 0 Å². The minimum absolute atomic E-state index is 0.751. The predicted octanol–water partition coefficient (Wildman–Crippen LogP) is 3.20. The Bertz CT molecular complexity index is 646. The number of likely N-dealkylation sites (N-methyl/N-ethyl adjacent to an activating group) is 1. The normalized spacial score (nSPS) is 19.1. The lowest BCUT2D eigenvalue weighted by atomic mass is 9.86. The molecule has 0 spiro atoms. The molecule has 2 aromatic rings. The van der Waals surface area contributed by atoms with Crippen LogP contribution in [0.15, 0.2) is 54.6 Å². The molecule has 3 nitrogen and oxygen atoms in total. The van der Waals surface area contributed by atoms with Crippen LogP contribution in [-0.2, 0) is 5.60 Å². The van der Waals surface area contributed by atoms with E-state index >= 15 is 0 Å². The predicted molar refractivity (Wildman–Crippen MR) is 100 cm³/mol. The monoisotopic (exact) mass is 324 g/mol. The highest BCUT2D eigenvalue weighted by Gasteiger charge is 2.27. The van der Waals surface area contributed by atoms with Crippen molar-refractivity contribution >= 4 is 0 Å². The molecule has 1 atom stereocenters. The summed E-state index contributed by atoms with van der Waals surface area (Å²) in [5, 5.41) is 11.2. The van der Waals surface area contributed by atoms with Crippen LogP contribution < -0.4 is 0 Å². The van der Waals surface area contributed by atoms with Gasteiger partial charge in [-0.05, 0) is 37.1 Å². The van der Waals surface area contributed by atoms with E-state index in [4.69, 9.17) is 0 Å². The maximum Gasteiger partial charge on any atom is 0.0886 e. The second kappa shape index (κ2) is 7.47. The second-order valence-electron chi connectivity index (χ2n) is 7.08. The standard InChI is InChI=1S/C21H28N2O/c1-21(24,12-13-23-16-14-22(2)15-17-23)20-11-7-6-10-19(20)18-8-4-3-5-9-18/h3-11,24H,12-17H2,1-2H3. The van der Waals surface area contributed by atoms with Crippen molar-refractivity contribution < 1.29 is 5.11 Å². The fourth-order valence-corrected chi connectivity index (χ4v) is 3.40. The molecule has 0 radical (unpaired) electrons. The van der Waals surface area contributed by atoms with Gasteiger partial charge in [-0.2, -0.15) is 0 Å². The minimum Gasteiger partial charge on any atom is -0.385 e. The van der Waals surface area contributed by atoms with Crippen molar-refractivity contribution in [3.05, 3.63) is 60.2 Å². The number of rotatable bonds is 5. The van der Waals surface area contributed by atoms with Gasteiger partial charge in [-0.3, -0.25) is 0 Å². The number of hydrogen-bond acceptors (Lipinski definition) is 3. The van der Waals surface area contributed by atoms with Crippen LogP contribution in [0, 0.1) is 0 Å². The van der Waals surface area contributed by atoms with Crippen LogP contribution in [0.3, 0.4) is 0 Å². The summed E-state index contributed by atoms with van der Waals surface area (Å²) in [5.74, 6) is 0. The molecule has 24 heavy (non-hydrogen) atoms. The highest BCUT2D eigenvalue weighted by molar-refractivity contribution is 5.68. The highest BCUT2D eigenvalue weighted by atomic mass is 16.3. The summed E-state index contributed by atoms with van der Waals surface area (Å²) < 4.78 is 0. The number of hydrogen-bond donors (Lipinski definition) is 1. The molecular formula is C21H28N2O. The average Bonchev–Trinajstić information content (AvgIpc) is 2.62. The zero-order chi connectivity index (χ0) is 17.0. The maximum atomic E-state index is 11.2. The Morgan fingerprint density at radius 1 is 0.917 bits per heavy atom. The molecule has 0 amide bonds. The molecule has 0 saturated carbocycles. The lowest BCUT2D eigenvalue weighted by Gasteiger charge is -2.35. The molecule has 1 saturated heterocycles. The molecule has 1 aliphatic heterocycles. The summed E-state index contributed by atoms with van der Waals surface area (Å²) in [6.45, 7) is 7.29. The van der Waals surface area contributed by atoms with Crippen molar-refractivity contribution in [1.29, 1.82) is 0 Å². The van der Waals surface area contributed by atoms with Gasteiger partial charge in [-0.25, -0.2) is 0 Å². The molecule has 2 aromatic carbocycles. The second-order valence-corrected chi connectivity index (χ2v) is 7.08. The van der Waals surface area contributed by atoms with Crippen molar-refractivity contribution in [2.75, 3.05) is 39.8 Å². The number of benzene rings is 2. The van der Waals surface area contributed by atoms with E-state index in [9.17, 15) is 5.11 Å². The molecule has 1 N–H and O–H groups in total. The number of aliphatic hydroxyl groups is 1. The van der Waals surface area contributed by atoms with Gasteiger partial charge in [0.25, 0.3) is 0 Å². The van der Waals surface area contributed by atoms with Gasteiger partial charge in [0.05, 0.1) is 5.60 Å². The smallest absolute Gasteiger partial charge is 0.0886 e. The van der Waals surface area contributed by atoms with Crippen LogP contribution in [0.5, 0.6) is 0 Å². The van der Waals surface area contributed by atoms with E-state index in [1.807, 2.05) is 37.3 Å². The Balaban J connectivity index is 1.75. The van der Waals surface area contributed by atoms with Gasteiger partial charge in [-0.1, -0.05) is 54.6 Å². The molecule has 1 unspecified atom stereocenters. The van der Waals surface area contributed by atoms with Crippen molar-refractivity contribution in [3.63, 3.8) is 0 Å². The van der Waals surface area contributed by atoms with Gasteiger partial charge in [0, 0.05) is 32.7 Å². The first-order valence-corrected chi connectivity index (χ1v) is 8.84. The molecular weight excluding hydrogens is 296 g/mol. The Hall–Kier alpha value is -1.68. The van der Waals surface area contributed by atoms with Crippen molar-refractivity contribution in [3.8, 4) is 11.1 Å². The van der Waals surface area contributed by atoms with Gasteiger partial charge >= 0.3 is 0 Å². The third-order valence-electron chi connectivity index (χ3n) is 5.10. The zero-order valence-corrected chi connectivity index (χ0v) is 14.8. The summed E-state index contributed by atoms with van der Waals surface area (Å²) in [4.78, 5) is 4.82. The van der Waals surface area contributed by atoms with E-state index in [-0.39, 0.29) is 0 Å². The third-order valence-corrected chi connectivity index (χ3v) is 5.10. The summed E-state index contributed by atoms with van der Waals surface area (Å²) in [7, 11) is 2.17. The van der Waals surface area contributed by atoms with Crippen LogP contribution >= 0.6 is 0 Å². The molecule has 1 heterocycles. The molecule has 3 rings (SSSR count). The van der Waals surface area contributed by atoms with E-state index in [1.54, 1.807) is 0 Å². The first-order chi connectivity index (χ1) is 11.6. The van der Waals surface area contributed by atoms with Crippen LogP contribution in [-0.4, -0.2) is 54.7 Å². The van der Waals surface area contributed by atoms with E-state index in [2.05, 4.69) is 41.1 Å². The Kier molecular flexibility index (Phi) is 5.34. The first kappa shape index (κ1) is 17.2. The maximum absolute atomic E-state index is 11.2. The number of piperazine rings is 1. The fourth-order valence-electron chi connectivity index (χ4n) is 3.40. The lowest BCUT2D eigenvalue weighted by molar-refractivity contribution is 0.0305. The SMILES string of the molecule is CN1CCN(CCC(C)(O)c2ccccc2-c2ccccc2)CC1. The van der Waals surface area contributed by atoms with Gasteiger partial charge < -0.3 is 14.9 Å². The van der Waals surface area contributed by atoms with Crippen molar-refractivity contribution in [2.45, 2.75) is 18.9 Å². The van der Waals surface area contributed by atoms with Crippen LogP contribution in [0.2, 0.25) is 0 Å². The molecule has 1 fully saturated rings. The van der Waals surface area contributed by atoms with Crippen LogP contribution in [0.25, 0.3) is 11.1 Å².